The summed E-state index contributed by atoms with van der Waals surface area (Å²) in [5, 5.41) is 7.39. The fraction of sp³-hybridized carbons (Fsp3) is 0.118. The summed E-state index contributed by atoms with van der Waals surface area (Å²) in [5.74, 6) is 0. The Labute approximate surface area is 156 Å². The Balaban J connectivity index is 2.23. The molecule has 3 rings (SSSR count). The van der Waals surface area contributed by atoms with Crippen LogP contribution in [0.15, 0.2) is 41.2 Å². The zero-order valence-electron chi connectivity index (χ0n) is 13.9. The Morgan fingerprint density at radius 1 is 1.11 bits per heavy atom. The molecule has 0 aliphatic carbocycles. The van der Waals surface area contributed by atoms with Crippen LogP contribution in [0.2, 0.25) is 5.02 Å². The molecule has 140 valence electrons. The molecule has 0 aliphatic heterocycles. The third-order valence-corrected chi connectivity index (χ3v) is 4.26. The molecule has 2 N–H and O–H groups in total. The second-order valence-corrected chi connectivity index (χ2v) is 5.99. The summed E-state index contributed by atoms with van der Waals surface area (Å²) < 4.78 is 42.3. The lowest BCUT2D eigenvalue weighted by Gasteiger charge is -2.13. The van der Waals surface area contributed by atoms with Crippen molar-refractivity contribution >= 4 is 29.4 Å². The Hall–Kier alpha value is -3.07. The molecule has 1 heterocycles. The third kappa shape index (κ3) is 3.59. The molecular formula is C17H13ClF3N5O. The summed E-state index contributed by atoms with van der Waals surface area (Å²) in [6.45, 7) is 0. The molecule has 0 atom stereocenters. The van der Waals surface area contributed by atoms with Crippen LogP contribution in [-0.2, 0) is 13.2 Å². The number of aryl methyl sites for hydroxylation is 1. The second kappa shape index (κ2) is 6.92. The molecule has 27 heavy (non-hydrogen) atoms. The zero-order valence-corrected chi connectivity index (χ0v) is 14.7. The van der Waals surface area contributed by atoms with Gasteiger partial charge in [-0.05, 0) is 34.2 Å². The fourth-order valence-corrected chi connectivity index (χ4v) is 2.68. The molecule has 0 amide bonds. The first kappa shape index (κ1) is 18.7. The molecule has 0 bridgehead atoms. The first-order valence-corrected chi connectivity index (χ1v) is 7.99. The Kier molecular flexibility index (Phi) is 4.79. The van der Waals surface area contributed by atoms with Crippen molar-refractivity contribution in [3.63, 3.8) is 0 Å². The zero-order chi connectivity index (χ0) is 19.8. The second-order valence-electron chi connectivity index (χ2n) is 5.62. The molecule has 0 unspecified atom stereocenters. The van der Waals surface area contributed by atoms with E-state index in [9.17, 15) is 18.0 Å². The number of hydrogen-bond acceptors (Lipinski definition) is 4. The van der Waals surface area contributed by atoms with E-state index in [4.69, 9.17) is 17.3 Å². The highest BCUT2D eigenvalue weighted by atomic mass is 35.5. The van der Waals surface area contributed by atoms with Gasteiger partial charge in [0, 0.05) is 12.6 Å². The third-order valence-electron chi connectivity index (χ3n) is 3.83. The van der Waals surface area contributed by atoms with Gasteiger partial charge >= 0.3 is 11.9 Å². The van der Waals surface area contributed by atoms with Crippen molar-refractivity contribution < 1.29 is 13.2 Å². The summed E-state index contributed by atoms with van der Waals surface area (Å²) in [5.41, 5.74) is 4.56. The predicted molar refractivity (Wildman–Crippen MR) is 96.4 cm³/mol. The number of aromatic nitrogens is 4. The molecular weight excluding hydrogens is 383 g/mol. The van der Waals surface area contributed by atoms with Crippen LogP contribution in [0, 0.1) is 0 Å². The monoisotopic (exact) mass is 395 g/mol. The first-order valence-electron chi connectivity index (χ1n) is 7.62. The molecule has 0 fully saturated rings. The van der Waals surface area contributed by atoms with Gasteiger partial charge in [-0.2, -0.15) is 22.5 Å². The van der Waals surface area contributed by atoms with E-state index in [1.54, 1.807) is 18.2 Å². The van der Waals surface area contributed by atoms with E-state index in [0.29, 0.717) is 11.3 Å². The number of nitrogen functional groups attached to an aromatic ring is 1. The van der Waals surface area contributed by atoms with Crippen LogP contribution in [0.3, 0.4) is 0 Å². The fourth-order valence-electron chi connectivity index (χ4n) is 2.50. The molecule has 0 spiro atoms. The quantitative estimate of drug-likeness (QED) is 0.544. The van der Waals surface area contributed by atoms with Crippen LogP contribution in [0.5, 0.6) is 0 Å². The number of alkyl halides is 3. The van der Waals surface area contributed by atoms with Gasteiger partial charge in [-0.1, -0.05) is 42.0 Å². The van der Waals surface area contributed by atoms with Crippen LogP contribution in [-0.4, -0.2) is 19.8 Å². The number of halogens is 4. The van der Waals surface area contributed by atoms with Crippen molar-refractivity contribution in [2.45, 2.75) is 6.18 Å². The lowest BCUT2D eigenvalue weighted by molar-refractivity contribution is -0.137. The summed E-state index contributed by atoms with van der Waals surface area (Å²) in [6, 6.07) is 8.29. The Morgan fingerprint density at radius 2 is 1.81 bits per heavy atom. The summed E-state index contributed by atoms with van der Waals surface area (Å²) in [4.78, 5) is 12.1. The largest absolute Gasteiger partial charge is 0.417 e. The van der Waals surface area contributed by atoms with Crippen LogP contribution in [0.1, 0.15) is 16.7 Å². The minimum atomic E-state index is -4.64. The van der Waals surface area contributed by atoms with Gasteiger partial charge in [0.25, 0.3) is 0 Å². The Morgan fingerprint density at radius 3 is 2.44 bits per heavy atom. The topological polar surface area (TPSA) is 78.7 Å². The highest BCUT2D eigenvalue weighted by Crippen LogP contribution is 2.35. The molecule has 1 aromatic heterocycles. The Bertz CT molecular complexity index is 1080. The van der Waals surface area contributed by atoms with E-state index in [0.717, 1.165) is 15.4 Å². The van der Waals surface area contributed by atoms with E-state index in [1.807, 2.05) is 0 Å². The summed E-state index contributed by atoms with van der Waals surface area (Å²) in [6.07, 6.45) is -2.02. The summed E-state index contributed by atoms with van der Waals surface area (Å²) in [7, 11) is 1.35. The van der Waals surface area contributed by atoms with E-state index in [1.165, 1.54) is 31.3 Å². The van der Waals surface area contributed by atoms with Crippen LogP contribution in [0.25, 0.3) is 17.8 Å². The number of anilines is 1. The average Bonchev–Trinajstić information content (AvgIpc) is 2.94. The van der Waals surface area contributed by atoms with E-state index < -0.39 is 17.4 Å². The highest BCUT2D eigenvalue weighted by molar-refractivity contribution is 6.34. The van der Waals surface area contributed by atoms with E-state index in [2.05, 4.69) is 10.4 Å². The standard InChI is InChI=1S/C17H13ClF3N5O/c1-25-16(27)26(24-23-25)14-7-3-5-12(17(19,20)21)11(14)9-8-10-4-2-6-13(22)15(10)18/h2-9H,22H2,1H3/b9-8+. The number of hydrogen-bond donors (Lipinski definition) is 1. The van der Waals surface area contributed by atoms with Gasteiger partial charge in [-0.3, -0.25) is 0 Å². The minimum Gasteiger partial charge on any atom is -0.398 e. The first-order chi connectivity index (χ1) is 12.7. The van der Waals surface area contributed by atoms with Gasteiger partial charge in [0.1, 0.15) is 0 Å². The molecule has 0 radical (unpaired) electrons. The number of nitrogens with two attached hydrogens (primary N) is 1. The van der Waals surface area contributed by atoms with Gasteiger partial charge in [0.15, 0.2) is 0 Å². The summed E-state index contributed by atoms with van der Waals surface area (Å²) >= 11 is 6.10. The highest BCUT2D eigenvalue weighted by Gasteiger charge is 2.34. The molecule has 6 nitrogen and oxygen atoms in total. The maximum Gasteiger partial charge on any atom is 0.417 e. The lowest BCUT2D eigenvalue weighted by atomic mass is 10.0. The molecule has 0 aliphatic rings. The predicted octanol–water partition coefficient (Wildman–Crippen LogP) is 3.39. The molecule has 10 heteroatoms. The van der Waals surface area contributed by atoms with Crippen molar-refractivity contribution in [1.29, 1.82) is 0 Å². The van der Waals surface area contributed by atoms with Crippen molar-refractivity contribution in [2.24, 2.45) is 7.05 Å². The number of benzene rings is 2. The van der Waals surface area contributed by atoms with Gasteiger partial charge in [0.05, 0.1) is 22.0 Å². The smallest absolute Gasteiger partial charge is 0.398 e. The normalized spacial score (nSPS) is 12.0. The maximum absolute atomic E-state index is 13.5. The van der Waals surface area contributed by atoms with Crippen LogP contribution < -0.4 is 11.4 Å². The van der Waals surface area contributed by atoms with Crippen molar-refractivity contribution in [2.75, 3.05) is 5.73 Å². The van der Waals surface area contributed by atoms with Crippen molar-refractivity contribution in [3.05, 3.63) is 68.6 Å². The number of tetrazole rings is 1. The van der Waals surface area contributed by atoms with Gasteiger partial charge in [-0.15, -0.1) is 0 Å². The van der Waals surface area contributed by atoms with Gasteiger partial charge in [-0.25, -0.2) is 4.79 Å². The van der Waals surface area contributed by atoms with E-state index in [-0.39, 0.29) is 16.3 Å². The van der Waals surface area contributed by atoms with Crippen LogP contribution >= 0.6 is 11.6 Å². The SMILES string of the molecule is Cn1nnn(-c2cccc(C(F)(F)F)c2/C=C/c2cccc(N)c2Cl)c1=O. The number of nitrogens with zero attached hydrogens (tertiary/aromatic N) is 4. The van der Waals surface area contributed by atoms with E-state index >= 15 is 0 Å². The van der Waals surface area contributed by atoms with Gasteiger partial charge < -0.3 is 5.73 Å². The molecule has 0 saturated carbocycles. The van der Waals surface area contributed by atoms with Gasteiger partial charge in [0.2, 0.25) is 0 Å². The number of rotatable bonds is 3. The van der Waals surface area contributed by atoms with Crippen LogP contribution in [0.4, 0.5) is 18.9 Å². The maximum atomic E-state index is 13.5. The van der Waals surface area contributed by atoms with Crippen molar-refractivity contribution in [1.82, 2.24) is 19.8 Å². The minimum absolute atomic E-state index is 0.0563. The molecule has 2 aromatic carbocycles. The van der Waals surface area contributed by atoms with Crippen molar-refractivity contribution in [3.8, 4) is 5.69 Å². The lowest BCUT2D eigenvalue weighted by Crippen LogP contribution is -2.23. The average molecular weight is 396 g/mol. The molecule has 0 saturated heterocycles. The molecule has 3 aromatic rings.